The van der Waals surface area contributed by atoms with Crippen molar-refractivity contribution in [1.82, 2.24) is 9.97 Å². The molecule has 0 fully saturated rings. The molecule has 0 saturated carbocycles. The number of oxazole rings is 1. The zero-order valence-electron chi connectivity index (χ0n) is 11.9. The second-order valence-corrected chi connectivity index (χ2v) is 4.80. The number of nitrogens with one attached hydrogen (secondary N) is 2. The Bertz CT molecular complexity index is 884. The lowest BCUT2D eigenvalue weighted by atomic mass is 10.2. The minimum atomic E-state index is -0.388. The number of amides is 1. The summed E-state index contributed by atoms with van der Waals surface area (Å²) in [7, 11) is 0. The molecule has 2 N–H and O–H groups in total. The van der Waals surface area contributed by atoms with Crippen LogP contribution in [0.4, 0.5) is 10.1 Å². The fraction of sp³-hybridized carbons (Fsp3) is 0.0625. The lowest BCUT2D eigenvalue weighted by Gasteiger charge is -2.01. The number of H-pyrrole nitrogens is 1. The molecule has 116 valence electrons. The lowest BCUT2D eigenvalue weighted by Crippen LogP contribution is -2.19. The van der Waals surface area contributed by atoms with Gasteiger partial charge in [0.15, 0.2) is 0 Å². The number of hydrogen-bond donors (Lipinski definition) is 2. The monoisotopic (exact) mass is 313 g/mol. The van der Waals surface area contributed by atoms with Gasteiger partial charge in [-0.1, -0.05) is 0 Å². The Hall–Kier alpha value is -3.22. The highest BCUT2D eigenvalue weighted by molar-refractivity contribution is 5.91. The van der Waals surface area contributed by atoms with Gasteiger partial charge in [-0.25, -0.2) is 9.37 Å². The lowest BCUT2D eigenvalue weighted by molar-refractivity contribution is -0.115. The molecule has 0 spiro atoms. The van der Waals surface area contributed by atoms with Crippen LogP contribution in [0.2, 0.25) is 0 Å². The number of pyridine rings is 1. The van der Waals surface area contributed by atoms with Crippen LogP contribution in [0.1, 0.15) is 5.69 Å². The molecular formula is C16H12FN3O3. The first-order valence-electron chi connectivity index (χ1n) is 6.79. The number of hydrogen-bond acceptors (Lipinski definition) is 4. The SMILES string of the molecule is O=C(Cc1coc(-c2ccc(F)cc2)n1)Nc1c[nH]ccc1=O. The van der Waals surface area contributed by atoms with Crippen LogP contribution in [0, 0.1) is 5.82 Å². The van der Waals surface area contributed by atoms with E-state index in [0.29, 0.717) is 17.1 Å². The first-order valence-corrected chi connectivity index (χ1v) is 6.79. The first kappa shape index (κ1) is 14.7. The number of nitrogens with zero attached hydrogens (tertiary/aromatic N) is 1. The highest BCUT2D eigenvalue weighted by Gasteiger charge is 2.11. The van der Waals surface area contributed by atoms with Crippen LogP contribution < -0.4 is 10.7 Å². The van der Waals surface area contributed by atoms with Gasteiger partial charge in [0.05, 0.1) is 12.1 Å². The summed E-state index contributed by atoms with van der Waals surface area (Å²) in [6.07, 6.45) is 4.20. The van der Waals surface area contributed by atoms with Crippen molar-refractivity contribution in [1.29, 1.82) is 0 Å². The van der Waals surface area contributed by atoms with Gasteiger partial charge in [0.2, 0.25) is 17.2 Å². The summed E-state index contributed by atoms with van der Waals surface area (Å²) < 4.78 is 18.2. The molecule has 3 rings (SSSR count). The molecule has 0 unspecified atom stereocenters. The molecule has 6 nitrogen and oxygen atoms in total. The molecule has 0 aliphatic heterocycles. The summed E-state index contributed by atoms with van der Waals surface area (Å²) in [4.78, 5) is 30.4. The van der Waals surface area contributed by atoms with Gasteiger partial charge in [0.25, 0.3) is 0 Å². The summed E-state index contributed by atoms with van der Waals surface area (Å²) in [5.74, 6) is -0.445. The third kappa shape index (κ3) is 3.52. The molecule has 0 aliphatic carbocycles. The van der Waals surface area contributed by atoms with Crippen LogP contribution in [-0.4, -0.2) is 15.9 Å². The Morgan fingerprint density at radius 2 is 2.04 bits per heavy atom. The normalized spacial score (nSPS) is 10.5. The second-order valence-electron chi connectivity index (χ2n) is 4.80. The fourth-order valence-corrected chi connectivity index (χ4v) is 1.99. The van der Waals surface area contributed by atoms with E-state index in [0.717, 1.165) is 0 Å². The number of carbonyl (C=O) groups is 1. The predicted octanol–water partition coefficient (Wildman–Crippen LogP) is 2.35. The van der Waals surface area contributed by atoms with Crippen molar-refractivity contribution in [3.8, 4) is 11.5 Å². The van der Waals surface area contributed by atoms with Crippen LogP contribution in [0.25, 0.3) is 11.5 Å². The fourth-order valence-electron chi connectivity index (χ4n) is 1.99. The minimum absolute atomic E-state index is 0.0426. The first-order chi connectivity index (χ1) is 11.1. The highest BCUT2D eigenvalue weighted by atomic mass is 19.1. The van der Waals surface area contributed by atoms with Crippen molar-refractivity contribution in [3.05, 3.63) is 70.7 Å². The minimum Gasteiger partial charge on any atom is -0.444 e. The number of anilines is 1. The summed E-state index contributed by atoms with van der Waals surface area (Å²) in [5, 5.41) is 2.50. The van der Waals surface area contributed by atoms with E-state index in [-0.39, 0.29) is 29.3 Å². The van der Waals surface area contributed by atoms with E-state index in [9.17, 15) is 14.0 Å². The summed E-state index contributed by atoms with van der Waals surface area (Å²) in [6, 6.07) is 6.99. The van der Waals surface area contributed by atoms with E-state index in [1.165, 1.54) is 49.0 Å². The summed E-state index contributed by atoms with van der Waals surface area (Å²) in [6.45, 7) is 0. The van der Waals surface area contributed by atoms with Crippen LogP contribution in [0.3, 0.4) is 0 Å². The van der Waals surface area contributed by atoms with Gasteiger partial charge in [-0.05, 0) is 24.3 Å². The molecule has 7 heteroatoms. The number of halogens is 1. The second kappa shape index (κ2) is 6.27. The number of aromatic nitrogens is 2. The van der Waals surface area contributed by atoms with Gasteiger partial charge in [-0.3, -0.25) is 9.59 Å². The molecule has 0 atom stereocenters. The van der Waals surface area contributed by atoms with E-state index in [4.69, 9.17) is 4.42 Å². The Balaban J connectivity index is 1.69. The smallest absolute Gasteiger partial charge is 0.230 e. The maximum Gasteiger partial charge on any atom is 0.230 e. The molecule has 1 amide bonds. The zero-order valence-corrected chi connectivity index (χ0v) is 11.9. The number of benzene rings is 1. The molecule has 23 heavy (non-hydrogen) atoms. The quantitative estimate of drug-likeness (QED) is 0.774. The topological polar surface area (TPSA) is 88.0 Å². The molecular weight excluding hydrogens is 301 g/mol. The Morgan fingerprint density at radius 3 is 2.78 bits per heavy atom. The van der Waals surface area contributed by atoms with E-state index in [2.05, 4.69) is 15.3 Å². The average Bonchev–Trinajstić information content (AvgIpc) is 2.98. The van der Waals surface area contributed by atoms with Crippen LogP contribution >= 0.6 is 0 Å². The van der Waals surface area contributed by atoms with Gasteiger partial charge in [-0.15, -0.1) is 0 Å². The Labute approximate surface area is 130 Å². The van der Waals surface area contributed by atoms with Gasteiger partial charge >= 0.3 is 0 Å². The molecule has 0 bridgehead atoms. The van der Waals surface area contributed by atoms with E-state index >= 15 is 0 Å². The van der Waals surface area contributed by atoms with Crippen molar-refractivity contribution < 1.29 is 13.6 Å². The summed E-state index contributed by atoms with van der Waals surface area (Å²) >= 11 is 0. The molecule has 3 aromatic rings. The Kier molecular flexibility index (Phi) is 4.01. The Morgan fingerprint density at radius 1 is 1.26 bits per heavy atom. The van der Waals surface area contributed by atoms with Gasteiger partial charge in [0, 0.05) is 24.0 Å². The third-order valence-electron chi connectivity index (χ3n) is 3.08. The van der Waals surface area contributed by atoms with E-state index < -0.39 is 0 Å². The number of rotatable bonds is 4. The number of aromatic amines is 1. The van der Waals surface area contributed by atoms with Crippen LogP contribution in [0.15, 0.2) is 58.2 Å². The molecule has 0 aliphatic rings. The molecule has 0 saturated heterocycles. The molecule has 2 aromatic heterocycles. The van der Waals surface area contributed by atoms with Gasteiger partial charge < -0.3 is 14.7 Å². The van der Waals surface area contributed by atoms with Gasteiger partial charge in [-0.2, -0.15) is 0 Å². The average molecular weight is 313 g/mol. The third-order valence-corrected chi connectivity index (χ3v) is 3.08. The largest absolute Gasteiger partial charge is 0.444 e. The molecule has 1 aromatic carbocycles. The number of carbonyl (C=O) groups excluding carboxylic acids is 1. The summed E-state index contributed by atoms with van der Waals surface area (Å²) in [5.41, 5.74) is 0.899. The molecule has 0 radical (unpaired) electrons. The van der Waals surface area contributed by atoms with Crippen LogP contribution in [-0.2, 0) is 11.2 Å². The van der Waals surface area contributed by atoms with E-state index in [1.807, 2.05) is 0 Å². The van der Waals surface area contributed by atoms with Crippen molar-refractivity contribution in [2.75, 3.05) is 5.32 Å². The van der Waals surface area contributed by atoms with Crippen molar-refractivity contribution in [2.45, 2.75) is 6.42 Å². The van der Waals surface area contributed by atoms with Crippen molar-refractivity contribution in [3.63, 3.8) is 0 Å². The van der Waals surface area contributed by atoms with Crippen LogP contribution in [0.5, 0.6) is 0 Å². The zero-order chi connectivity index (χ0) is 16.2. The highest BCUT2D eigenvalue weighted by Crippen LogP contribution is 2.19. The van der Waals surface area contributed by atoms with Crippen molar-refractivity contribution >= 4 is 11.6 Å². The van der Waals surface area contributed by atoms with Gasteiger partial charge in [0.1, 0.15) is 17.8 Å². The maximum atomic E-state index is 12.9. The van der Waals surface area contributed by atoms with Crippen molar-refractivity contribution in [2.24, 2.45) is 0 Å². The molecule has 2 heterocycles. The van der Waals surface area contributed by atoms with E-state index in [1.54, 1.807) is 0 Å². The standard InChI is InChI=1S/C16H12FN3O3/c17-11-3-1-10(2-4-11)16-19-12(9-23-16)7-15(22)20-13-8-18-6-5-14(13)21/h1-6,8-9H,7H2,(H,18,21)(H,20,22). The predicted molar refractivity (Wildman–Crippen MR) is 81.3 cm³/mol. The maximum absolute atomic E-state index is 12.9.